The van der Waals surface area contributed by atoms with Gasteiger partial charge in [-0.15, -0.1) is 13.2 Å². The van der Waals surface area contributed by atoms with Crippen molar-refractivity contribution in [3.05, 3.63) is 29.7 Å². The Morgan fingerprint density at radius 3 is 2.71 bits per heavy atom. The van der Waals surface area contributed by atoms with Crippen LogP contribution in [0.1, 0.15) is 0 Å². The Bertz CT molecular complexity index is 475. The molecule has 0 unspecified atom stereocenters. The van der Waals surface area contributed by atoms with E-state index in [0.717, 1.165) is 6.20 Å². The van der Waals surface area contributed by atoms with E-state index in [-0.39, 0.29) is 15.2 Å². The van der Waals surface area contributed by atoms with Crippen LogP contribution in [0, 0.1) is 0 Å². The first-order valence-corrected chi connectivity index (χ1v) is 4.06. The summed E-state index contributed by atoms with van der Waals surface area (Å²) < 4.78 is 37.4. The van der Waals surface area contributed by atoms with Crippen molar-refractivity contribution >= 4 is 22.5 Å². The highest BCUT2D eigenvalue weighted by Gasteiger charge is 2.31. The standard InChI is InChI=1S/C8H4ClF3N2/c9-7-3-6-5(4-13-7)1-2-14(6)8(10,11)12/h1-4H. The van der Waals surface area contributed by atoms with Crippen molar-refractivity contribution in [3.63, 3.8) is 0 Å². The summed E-state index contributed by atoms with van der Waals surface area (Å²) in [5.74, 6) is 0. The molecule has 2 rings (SSSR count). The predicted octanol–water partition coefficient (Wildman–Crippen LogP) is 3.17. The number of halogens is 4. The van der Waals surface area contributed by atoms with Gasteiger partial charge >= 0.3 is 6.30 Å². The molecule has 0 spiro atoms. The zero-order chi connectivity index (χ0) is 10.3. The molecule has 74 valence electrons. The summed E-state index contributed by atoms with van der Waals surface area (Å²) in [6, 6.07) is 2.52. The third-order valence-electron chi connectivity index (χ3n) is 1.81. The summed E-state index contributed by atoms with van der Waals surface area (Å²) in [5.41, 5.74) is 0.0116. The molecule has 0 aliphatic rings. The van der Waals surface area contributed by atoms with Gasteiger partial charge in [0.1, 0.15) is 5.15 Å². The zero-order valence-corrected chi connectivity index (χ0v) is 7.47. The summed E-state index contributed by atoms with van der Waals surface area (Å²) in [5, 5.41) is 0.452. The van der Waals surface area contributed by atoms with Crippen LogP contribution in [0.5, 0.6) is 0 Å². The van der Waals surface area contributed by atoms with Gasteiger partial charge in [-0.2, -0.15) is 0 Å². The summed E-state index contributed by atoms with van der Waals surface area (Å²) >= 11 is 5.51. The molecule has 0 saturated heterocycles. The first-order chi connectivity index (χ1) is 6.48. The van der Waals surface area contributed by atoms with Gasteiger partial charge in [-0.05, 0) is 6.07 Å². The summed E-state index contributed by atoms with van der Waals surface area (Å²) in [6.45, 7) is 0. The molecule has 2 aromatic heterocycles. The molecular weight excluding hydrogens is 217 g/mol. The van der Waals surface area contributed by atoms with Crippen molar-refractivity contribution in [3.8, 4) is 0 Å². The molecule has 0 saturated carbocycles. The number of pyridine rings is 1. The lowest BCUT2D eigenvalue weighted by Gasteiger charge is -2.08. The number of aromatic nitrogens is 2. The van der Waals surface area contributed by atoms with Crippen molar-refractivity contribution in [1.29, 1.82) is 0 Å². The third kappa shape index (κ3) is 1.43. The smallest absolute Gasteiger partial charge is 0.259 e. The Morgan fingerprint density at radius 2 is 2.07 bits per heavy atom. The van der Waals surface area contributed by atoms with Gasteiger partial charge in [-0.25, -0.2) is 4.98 Å². The van der Waals surface area contributed by atoms with Gasteiger partial charge in [-0.1, -0.05) is 11.6 Å². The maximum absolute atomic E-state index is 12.4. The average molecular weight is 221 g/mol. The molecule has 0 aliphatic heterocycles. The Hall–Kier alpha value is -1.23. The lowest BCUT2D eigenvalue weighted by molar-refractivity contribution is -0.200. The molecule has 0 fully saturated rings. The molecule has 2 nitrogen and oxygen atoms in total. The van der Waals surface area contributed by atoms with Crippen molar-refractivity contribution in [2.45, 2.75) is 6.30 Å². The van der Waals surface area contributed by atoms with Crippen LogP contribution in [0.2, 0.25) is 5.15 Å². The molecule has 0 radical (unpaired) electrons. The van der Waals surface area contributed by atoms with E-state index in [1.807, 2.05) is 0 Å². The lowest BCUT2D eigenvalue weighted by atomic mass is 10.3. The molecule has 0 aliphatic carbocycles. The second kappa shape index (κ2) is 2.88. The molecule has 14 heavy (non-hydrogen) atoms. The molecule has 0 amide bonds. The fraction of sp³-hybridized carbons (Fsp3) is 0.125. The van der Waals surface area contributed by atoms with Crippen LogP contribution in [0.3, 0.4) is 0 Å². The molecule has 6 heteroatoms. The van der Waals surface area contributed by atoms with Crippen molar-refractivity contribution < 1.29 is 13.2 Å². The quantitative estimate of drug-likeness (QED) is 0.624. The molecule has 2 aromatic rings. The van der Waals surface area contributed by atoms with Crippen LogP contribution in [-0.4, -0.2) is 9.55 Å². The predicted molar refractivity (Wildman–Crippen MR) is 46.0 cm³/mol. The molecule has 0 aromatic carbocycles. The Balaban J connectivity index is 2.73. The Kier molecular flexibility index (Phi) is 1.92. The minimum atomic E-state index is -4.42. The van der Waals surface area contributed by atoms with Crippen molar-refractivity contribution in [2.24, 2.45) is 0 Å². The van der Waals surface area contributed by atoms with Gasteiger partial charge in [0.25, 0.3) is 0 Å². The second-order valence-electron chi connectivity index (χ2n) is 2.72. The van der Waals surface area contributed by atoms with Gasteiger partial charge < -0.3 is 0 Å². The highest BCUT2D eigenvalue weighted by atomic mass is 35.5. The SMILES string of the molecule is FC(F)(F)n1ccc2cnc(Cl)cc21. The first-order valence-electron chi connectivity index (χ1n) is 3.68. The number of fused-ring (bicyclic) bond motifs is 1. The van der Waals surface area contributed by atoms with Crippen LogP contribution in [0.25, 0.3) is 10.9 Å². The van der Waals surface area contributed by atoms with Crippen LogP contribution in [-0.2, 0) is 6.30 Å². The second-order valence-corrected chi connectivity index (χ2v) is 3.11. The van der Waals surface area contributed by atoms with E-state index in [1.54, 1.807) is 0 Å². The minimum absolute atomic E-state index is 0.0116. The van der Waals surface area contributed by atoms with Gasteiger partial charge in [0, 0.05) is 23.8 Å². The summed E-state index contributed by atoms with van der Waals surface area (Å²) in [4.78, 5) is 3.69. The number of rotatable bonds is 0. The number of hydrogen-bond donors (Lipinski definition) is 0. The lowest BCUT2D eigenvalue weighted by Crippen LogP contribution is -2.14. The van der Waals surface area contributed by atoms with Gasteiger partial charge in [0.15, 0.2) is 0 Å². The van der Waals surface area contributed by atoms with Crippen LogP contribution in [0.15, 0.2) is 24.5 Å². The molecular formula is C8H4ClF3N2. The average Bonchev–Trinajstić information content (AvgIpc) is 2.45. The summed E-state index contributed by atoms with van der Waals surface area (Å²) in [7, 11) is 0. The number of alkyl halides is 3. The normalized spacial score (nSPS) is 12.3. The van der Waals surface area contributed by atoms with E-state index < -0.39 is 6.30 Å². The van der Waals surface area contributed by atoms with E-state index in [0.29, 0.717) is 5.39 Å². The van der Waals surface area contributed by atoms with Crippen molar-refractivity contribution in [1.82, 2.24) is 9.55 Å². The maximum atomic E-state index is 12.4. The zero-order valence-electron chi connectivity index (χ0n) is 6.72. The number of nitrogens with zero attached hydrogens (tertiary/aromatic N) is 2. The van der Waals surface area contributed by atoms with Gasteiger partial charge in [0.05, 0.1) is 5.52 Å². The fourth-order valence-corrected chi connectivity index (χ4v) is 1.38. The van der Waals surface area contributed by atoms with E-state index in [9.17, 15) is 13.2 Å². The third-order valence-corrected chi connectivity index (χ3v) is 2.02. The first kappa shape index (κ1) is 9.33. The molecule has 0 N–H and O–H groups in total. The van der Waals surface area contributed by atoms with Crippen LogP contribution >= 0.6 is 11.6 Å². The van der Waals surface area contributed by atoms with E-state index in [4.69, 9.17) is 11.6 Å². The minimum Gasteiger partial charge on any atom is -0.259 e. The van der Waals surface area contributed by atoms with Crippen molar-refractivity contribution in [2.75, 3.05) is 0 Å². The Labute approximate surface area is 81.9 Å². The van der Waals surface area contributed by atoms with Gasteiger partial charge in [0.2, 0.25) is 0 Å². The highest BCUT2D eigenvalue weighted by Crippen LogP contribution is 2.28. The summed E-state index contributed by atoms with van der Waals surface area (Å²) in [6.07, 6.45) is -2.17. The molecule has 0 bridgehead atoms. The molecule has 0 atom stereocenters. The molecule has 2 heterocycles. The maximum Gasteiger partial charge on any atom is 0.488 e. The topological polar surface area (TPSA) is 17.8 Å². The van der Waals surface area contributed by atoms with Crippen LogP contribution in [0.4, 0.5) is 13.2 Å². The monoisotopic (exact) mass is 220 g/mol. The van der Waals surface area contributed by atoms with E-state index in [2.05, 4.69) is 4.98 Å². The fourth-order valence-electron chi connectivity index (χ4n) is 1.22. The van der Waals surface area contributed by atoms with Gasteiger partial charge in [-0.3, -0.25) is 4.57 Å². The number of hydrogen-bond acceptors (Lipinski definition) is 1. The van der Waals surface area contributed by atoms with E-state index >= 15 is 0 Å². The Morgan fingerprint density at radius 1 is 1.36 bits per heavy atom. The largest absolute Gasteiger partial charge is 0.488 e. The van der Waals surface area contributed by atoms with Crippen LogP contribution < -0.4 is 0 Å². The van der Waals surface area contributed by atoms with E-state index in [1.165, 1.54) is 18.3 Å². The highest BCUT2D eigenvalue weighted by molar-refractivity contribution is 6.30.